The van der Waals surface area contributed by atoms with Crippen LogP contribution in [-0.4, -0.2) is 13.0 Å². The average Bonchev–Trinajstić information content (AvgIpc) is 2.84. The number of methoxy groups -OCH3 is 1. The van der Waals surface area contributed by atoms with E-state index in [1.165, 1.54) is 11.3 Å². The first kappa shape index (κ1) is 13.4. The van der Waals surface area contributed by atoms with Crippen molar-refractivity contribution in [3.63, 3.8) is 0 Å². The van der Waals surface area contributed by atoms with Crippen LogP contribution in [0.1, 0.15) is 20.8 Å². The van der Waals surface area contributed by atoms with E-state index in [9.17, 15) is 4.79 Å². The minimum atomic E-state index is -0.178. The predicted octanol–water partition coefficient (Wildman–Crippen LogP) is 3.21. The lowest BCUT2D eigenvalue weighted by Crippen LogP contribution is -2.12. The predicted molar refractivity (Wildman–Crippen MR) is 79.2 cm³/mol. The van der Waals surface area contributed by atoms with Gasteiger partial charge in [-0.1, -0.05) is 0 Å². The van der Waals surface area contributed by atoms with Crippen molar-refractivity contribution in [3.05, 3.63) is 39.6 Å². The fourth-order valence-corrected chi connectivity index (χ4v) is 2.43. The summed E-state index contributed by atoms with van der Waals surface area (Å²) in [5, 5.41) is 4.61. The third-order valence-electron chi connectivity index (χ3n) is 2.95. The van der Waals surface area contributed by atoms with Crippen LogP contribution < -0.4 is 15.8 Å². The second kappa shape index (κ2) is 5.32. The van der Waals surface area contributed by atoms with Crippen LogP contribution in [-0.2, 0) is 0 Å². The molecule has 2 rings (SSSR count). The molecule has 0 radical (unpaired) electrons. The van der Waals surface area contributed by atoms with Gasteiger partial charge < -0.3 is 15.8 Å². The number of hydrogen-bond acceptors (Lipinski definition) is 4. The number of thiophene rings is 1. The van der Waals surface area contributed by atoms with Crippen LogP contribution in [0.4, 0.5) is 11.4 Å². The molecule has 0 fully saturated rings. The zero-order valence-corrected chi connectivity index (χ0v) is 11.9. The molecular formula is C14H16N2O2S. The third kappa shape index (κ3) is 2.88. The maximum absolute atomic E-state index is 12.1. The molecule has 0 saturated carbocycles. The Bertz CT molecular complexity index is 620. The highest BCUT2D eigenvalue weighted by atomic mass is 32.1. The molecule has 3 N–H and O–H groups in total. The molecule has 0 spiro atoms. The van der Waals surface area contributed by atoms with Gasteiger partial charge in [0, 0.05) is 11.4 Å². The van der Waals surface area contributed by atoms with E-state index in [-0.39, 0.29) is 5.91 Å². The Morgan fingerprint density at radius 2 is 1.95 bits per heavy atom. The molecule has 19 heavy (non-hydrogen) atoms. The molecule has 5 heteroatoms. The van der Waals surface area contributed by atoms with Crippen LogP contribution in [0.25, 0.3) is 0 Å². The maximum atomic E-state index is 12.1. The van der Waals surface area contributed by atoms with Crippen molar-refractivity contribution in [2.45, 2.75) is 13.8 Å². The summed E-state index contributed by atoms with van der Waals surface area (Å²) in [5.74, 6) is 0.506. The van der Waals surface area contributed by atoms with Gasteiger partial charge in [-0.3, -0.25) is 4.79 Å². The quantitative estimate of drug-likeness (QED) is 0.846. The van der Waals surface area contributed by atoms with Gasteiger partial charge in [0.1, 0.15) is 5.75 Å². The number of aryl methyl sites for hydroxylation is 2. The summed E-state index contributed by atoms with van der Waals surface area (Å²) in [6.07, 6.45) is 0. The van der Waals surface area contributed by atoms with E-state index < -0.39 is 0 Å². The van der Waals surface area contributed by atoms with E-state index in [0.29, 0.717) is 22.0 Å². The summed E-state index contributed by atoms with van der Waals surface area (Å²) in [6, 6.07) is 5.45. The number of hydrogen-bond donors (Lipinski definition) is 2. The van der Waals surface area contributed by atoms with Crippen LogP contribution in [0.2, 0.25) is 0 Å². The number of benzene rings is 1. The monoisotopic (exact) mass is 276 g/mol. The summed E-state index contributed by atoms with van der Waals surface area (Å²) >= 11 is 1.34. The molecule has 4 nitrogen and oxygen atoms in total. The molecule has 100 valence electrons. The van der Waals surface area contributed by atoms with Crippen molar-refractivity contribution >= 4 is 28.6 Å². The summed E-state index contributed by atoms with van der Waals surface area (Å²) in [6.45, 7) is 3.97. The standard InChI is InChI=1S/C14H16N2O2S/c1-8-4-11(15)12(5-9(8)2)16-14(17)13-6-10(18-3)7-19-13/h4-7H,15H2,1-3H3,(H,16,17). The lowest BCUT2D eigenvalue weighted by atomic mass is 10.1. The number of nitrogen functional groups attached to an aromatic ring is 1. The van der Waals surface area contributed by atoms with E-state index in [1.807, 2.05) is 26.0 Å². The van der Waals surface area contributed by atoms with Gasteiger partial charge in [-0.05, 0) is 37.1 Å². The SMILES string of the molecule is COc1csc(C(=O)Nc2cc(C)c(C)cc2N)c1. The molecule has 0 aliphatic heterocycles. The van der Waals surface area contributed by atoms with Crippen LogP contribution in [0.3, 0.4) is 0 Å². The Morgan fingerprint density at radius 3 is 2.58 bits per heavy atom. The van der Waals surface area contributed by atoms with E-state index >= 15 is 0 Å². The second-order valence-electron chi connectivity index (χ2n) is 4.33. The second-order valence-corrected chi connectivity index (χ2v) is 5.24. The lowest BCUT2D eigenvalue weighted by molar-refractivity contribution is 0.103. The molecule has 1 aromatic carbocycles. The van der Waals surface area contributed by atoms with Gasteiger partial charge in [-0.2, -0.15) is 0 Å². The normalized spacial score (nSPS) is 10.3. The van der Waals surface area contributed by atoms with Crippen molar-refractivity contribution < 1.29 is 9.53 Å². The number of nitrogens with one attached hydrogen (secondary N) is 1. The fourth-order valence-electron chi connectivity index (χ4n) is 1.68. The molecule has 0 aliphatic carbocycles. The van der Waals surface area contributed by atoms with Crippen LogP contribution in [0, 0.1) is 13.8 Å². The summed E-state index contributed by atoms with van der Waals surface area (Å²) in [5.41, 5.74) is 9.32. The zero-order valence-electron chi connectivity index (χ0n) is 11.1. The molecule has 1 aromatic heterocycles. The Morgan fingerprint density at radius 1 is 1.26 bits per heavy atom. The van der Waals surface area contributed by atoms with Gasteiger partial charge in [0.15, 0.2) is 0 Å². The largest absolute Gasteiger partial charge is 0.496 e. The van der Waals surface area contributed by atoms with E-state index in [4.69, 9.17) is 10.5 Å². The van der Waals surface area contributed by atoms with Crippen LogP contribution in [0.15, 0.2) is 23.6 Å². The van der Waals surface area contributed by atoms with Crippen molar-refractivity contribution in [2.24, 2.45) is 0 Å². The molecule has 0 bridgehead atoms. The number of carbonyl (C=O) groups is 1. The maximum Gasteiger partial charge on any atom is 0.265 e. The van der Waals surface area contributed by atoms with Gasteiger partial charge in [-0.25, -0.2) is 0 Å². The molecule has 1 heterocycles. The molecule has 1 amide bonds. The number of nitrogens with two attached hydrogens (primary N) is 1. The number of ether oxygens (including phenoxy) is 1. The molecule has 2 aromatic rings. The molecule has 0 aliphatic rings. The van der Waals surface area contributed by atoms with Crippen molar-refractivity contribution in [1.82, 2.24) is 0 Å². The van der Waals surface area contributed by atoms with Crippen molar-refractivity contribution in [3.8, 4) is 5.75 Å². The first-order valence-corrected chi connectivity index (χ1v) is 6.70. The van der Waals surface area contributed by atoms with Gasteiger partial charge in [-0.15, -0.1) is 11.3 Å². The van der Waals surface area contributed by atoms with Crippen molar-refractivity contribution in [2.75, 3.05) is 18.2 Å². The van der Waals surface area contributed by atoms with Crippen LogP contribution in [0.5, 0.6) is 5.75 Å². The topological polar surface area (TPSA) is 64.3 Å². The summed E-state index contributed by atoms with van der Waals surface area (Å²) in [7, 11) is 1.57. The Kier molecular flexibility index (Phi) is 3.76. The molecule has 0 atom stereocenters. The number of anilines is 2. The van der Waals surface area contributed by atoms with Gasteiger partial charge in [0.2, 0.25) is 0 Å². The number of rotatable bonds is 3. The number of carbonyl (C=O) groups excluding carboxylic acids is 1. The minimum absolute atomic E-state index is 0.178. The summed E-state index contributed by atoms with van der Waals surface area (Å²) in [4.78, 5) is 12.7. The summed E-state index contributed by atoms with van der Waals surface area (Å²) < 4.78 is 5.06. The Balaban J connectivity index is 2.21. The highest BCUT2D eigenvalue weighted by Crippen LogP contribution is 2.26. The van der Waals surface area contributed by atoms with Gasteiger partial charge in [0.25, 0.3) is 5.91 Å². The minimum Gasteiger partial charge on any atom is -0.496 e. The van der Waals surface area contributed by atoms with E-state index in [2.05, 4.69) is 5.32 Å². The Hall–Kier alpha value is -2.01. The van der Waals surface area contributed by atoms with E-state index in [1.54, 1.807) is 18.6 Å². The highest BCUT2D eigenvalue weighted by Gasteiger charge is 2.12. The molecule has 0 unspecified atom stereocenters. The van der Waals surface area contributed by atoms with Crippen molar-refractivity contribution in [1.29, 1.82) is 0 Å². The zero-order chi connectivity index (χ0) is 14.0. The van der Waals surface area contributed by atoms with Gasteiger partial charge in [0.05, 0.1) is 23.4 Å². The third-order valence-corrected chi connectivity index (χ3v) is 3.86. The van der Waals surface area contributed by atoms with Crippen LogP contribution >= 0.6 is 11.3 Å². The lowest BCUT2D eigenvalue weighted by Gasteiger charge is -2.10. The van der Waals surface area contributed by atoms with E-state index in [0.717, 1.165) is 11.1 Å². The molecule has 0 saturated heterocycles. The molecular weight excluding hydrogens is 260 g/mol. The first-order chi connectivity index (χ1) is 9.01. The highest BCUT2D eigenvalue weighted by molar-refractivity contribution is 7.12. The van der Waals surface area contributed by atoms with Gasteiger partial charge >= 0.3 is 0 Å². The average molecular weight is 276 g/mol. The Labute approximate surface area is 116 Å². The number of amides is 1. The fraction of sp³-hybridized carbons (Fsp3) is 0.214. The smallest absolute Gasteiger partial charge is 0.265 e. The first-order valence-electron chi connectivity index (χ1n) is 5.82.